The van der Waals surface area contributed by atoms with Gasteiger partial charge in [0.25, 0.3) is 0 Å². The fourth-order valence-corrected chi connectivity index (χ4v) is 2.43. The van der Waals surface area contributed by atoms with Crippen LogP contribution in [0.25, 0.3) is 0 Å². The number of halogens is 1. The van der Waals surface area contributed by atoms with Crippen LogP contribution in [0.15, 0.2) is 42.5 Å². The number of aryl methyl sites for hydroxylation is 2. The standard InChI is InChI=1S/C18H21ClN2O/c1-13-8-9-16(10-14(13)2)20-18(22)12-21(3)11-15-6-4-5-7-17(15)19/h4-10H,11-12H2,1-3H3,(H,20,22). The number of hydrogen-bond donors (Lipinski definition) is 1. The average Bonchev–Trinajstić information content (AvgIpc) is 2.45. The molecule has 0 atom stereocenters. The third kappa shape index (κ3) is 4.58. The number of anilines is 1. The Hall–Kier alpha value is -1.84. The molecule has 0 radical (unpaired) electrons. The fourth-order valence-electron chi connectivity index (χ4n) is 2.24. The Morgan fingerprint density at radius 3 is 2.55 bits per heavy atom. The van der Waals surface area contributed by atoms with Crippen LogP contribution in [0.5, 0.6) is 0 Å². The van der Waals surface area contributed by atoms with Gasteiger partial charge in [0, 0.05) is 17.3 Å². The molecule has 0 spiro atoms. The molecule has 0 aliphatic heterocycles. The number of amides is 1. The van der Waals surface area contributed by atoms with Crippen LogP contribution in [-0.2, 0) is 11.3 Å². The molecule has 22 heavy (non-hydrogen) atoms. The highest BCUT2D eigenvalue weighted by molar-refractivity contribution is 6.31. The SMILES string of the molecule is Cc1ccc(NC(=O)CN(C)Cc2ccccc2Cl)cc1C. The number of hydrogen-bond acceptors (Lipinski definition) is 2. The molecule has 1 N–H and O–H groups in total. The summed E-state index contributed by atoms with van der Waals surface area (Å²) in [5, 5.41) is 3.65. The zero-order valence-electron chi connectivity index (χ0n) is 13.2. The fraction of sp³-hybridized carbons (Fsp3) is 0.278. The lowest BCUT2D eigenvalue weighted by Crippen LogP contribution is -2.29. The molecule has 2 aromatic carbocycles. The van der Waals surface area contributed by atoms with Gasteiger partial charge in [0.2, 0.25) is 5.91 Å². The van der Waals surface area contributed by atoms with Crippen molar-refractivity contribution in [1.82, 2.24) is 4.90 Å². The lowest BCUT2D eigenvalue weighted by molar-refractivity contribution is -0.117. The van der Waals surface area contributed by atoms with Crippen molar-refractivity contribution in [2.24, 2.45) is 0 Å². The monoisotopic (exact) mass is 316 g/mol. The molecule has 0 aliphatic rings. The summed E-state index contributed by atoms with van der Waals surface area (Å²) in [5.74, 6) is -0.0298. The maximum absolute atomic E-state index is 12.1. The van der Waals surface area contributed by atoms with Gasteiger partial charge < -0.3 is 5.32 Å². The van der Waals surface area contributed by atoms with Crippen molar-refractivity contribution in [2.45, 2.75) is 20.4 Å². The van der Waals surface area contributed by atoms with Crippen molar-refractivity contribution in [3.8, 4) is 0 Å². The molecule has 0 saturated carbocycles. The van der Waals surface area contributed by atoms with Gasteiger partial charge in [-0.25, -0.2) is 0 Å². The molecule has 0 heterocycles. The van der Waals surface area contributed by atoms with E-state index >= 15 is 0 Å². The minimum atomic E-state index is -0.0298. The smallest absolute Gasteiger partial charge is 0.238 e. The third-order valence-electron chi connectivity index (χ3n) is 3.60. The van der Waals surface area contributed by atoms with E-state index in [4.69, 9.17) is 11.6 Å². The number of likely N-dealkylation sites (N-methyl/N-ethyl adjacent to an activating group) is 1. The van der Waals surface area contributed by atoms with Crippen LogP contribution in [0.3, 0.4) is 0 Å². The quantitative estimate of drug-likeness (QED) is 0.903. The van der Waals surface area contributed by atoms with E-state index < -0.39 is 0 Å². The van der Waals surface area contributed by atoms with E-state index in [1.54, 1.807) is 0 Å². The summed E-state index contributed by atoms with van der Waals surface area (Å²) >= 11 is 6.14. The Bertz CT molecular complexity index is 670. The van der Waals surface area contributed by atoms with Crippen LogP contribution >= 0.6 is 11.6 Å². The van der Waals surface area contributed by atoms with E-state index in [9.17, 15) is 4.79 Å². The molecular formula is C18H21ClN2O. The van der Waals surface area contributed by atoms with Gasteiger partial charge in [0.15, 0.2) is 0 Å². The van der Waals surface area contributed by atoms with Crippen LogP contribution < -0.4 is 5.32 Å². The second kappa shape index (κ2) is 7.43. The van der Waals surface area contributed by atoms with E-state index in [0.29, 0.717) is 13.1 Å². The first-order valence-corrected chi connectivity index (χ1v) is 7.62. The van der Waals surface area contributed by atoms with Crippen LogP contribution in [0.2, 0.25) is 5.02 Å². The molecule has 116 valence electrons. The number of carbonyl (C=O) groups excluding carboxylic acids is 1. The lowest BCUT2D eigenvalue weighted by atomic mass is 10.1. The van der Waals surface area contributed by atoms with E-state index in [-0.39, 0.29) is 5.91 Å². The predicted octanol–water partition coefficient (Wildman–Crippen LogP) is 4.03. The molecule has 0 aliphatic carbocycles. The highest BCUT2D eigenvalue weighted by atomic mass is 35.5. The van der Waals surface area contributed by atoms with Crippen molar-refractivity contribution >= 4 is 23.2 Å². The van der Waals surface area contributed by atoms with E-state index in [2.05, 4.69) is 12.2 Å². The predicted molar refractivity (Wildman–Crippen MR) is 92.3 cm³/mol. The molecule has 1 amide bonds. The van der Waals surface area contributed by atoms with Gasteiger partial charge in [-0.1, -0.05) is 35.9 Å². The van der Waals surface area contributed by atoms with Crippen molar-refractivity contribution < 1.29 is 4.79 Å². The van der Waals surface area contributed by atoms with Crippen LogP contribution in [0, 0.1) is 13.8 Å². The number of nitrogens with one attached hydrogen (secondary N) is 1. The number of benzene rings is 2. The Kier molecular flexibility index (Phi) is 5.58. The highest BCUT2D eigenvalue weighted by Crippen LogP contribution is 2.17. The van der Waals surface area contributed by atoms with E-state index in [0.717, 1.165) is 16.3 Å². The van der Waals surface area contributed by atoms with E-state index in [1.807, 2.05) is 61.3 Å². The molecule has 0 fully saturated rings. The minimum Gasteiger partial charge on any atom is -0.325 e. The van der Waals surface area contributed by atoms with E-state index in [1.165, 1.54) is 11.1 Å². The summed E-state index contributed by atoms with van der Waals surface area (Å²) in [5.41, 5.74) is 4.24. The zero-order valence-corrected chi connectivity index (χ0v) is 13.9. The second-order valence-corrected chi connectivity index (χ2v) is 6.02. The first kappa shape index (κ1) is 16.5. The lowest BCUT2D eigenvalue weighted by Gasteiger charge is -2.17. The maximum Gasteiger partial charge on any atom is 0.238 e. The third-order valence-corrected chi connectivity index (χ3v) is 3.97. The first-order valence-electron chi connectivity index (χ1n) is 7.25. The number of rotatable bonds is 5. The molecule has 0 aromatic heterocycles. The van der Waals surface area contributed by atoms with Gasteiger partial charge >= 0.3 is 0 Å². The molecule has 2 rings (SSSR count). The molecule has 0 saturated heterocycles. The Morgan fingerprint density at radius 1 is 1.14 bits per heavy atom. The topological polar surface area (TPSA) is 32.3 Å². The van der Waals surface area contributed by atoms with Gasteiger partial charge in [-0.3, -0.25) is 9.69 Å². The van der Waals surface area contributed by atoms with Crippen LogP contribution in [0.4, 0.5) is 5.69 Å². The van der Waals surface area contributed by atoms with Gasteiger partial charge in [0.05, 0.1) is 6.54 Å². The molecule has 0 bridgehead atoms. The minimum absolute atomic E-state index is 0.0298. The van der Waals surface area contributed by atoms with Gasteiger partial charge in [-0.05, 0) is 55.8 Å². The maximum atomic E-state index is 12.1. The van der Waals surface area contributed by atoms with Crippen LogP contribution in [-0.4, -0.2) is 24.4 Å². The Morgan fingerprint density at radius 2 is 1.86 bits per heavy atom. The molecule has 3 nitrogen and oxygen atoms in total. The summed E-state index contributed by atoms with van der Waals surface area (Å²) in [6.45, 7) is 5.05. The van der Waals surface area contributed by atoms with Crippen LogP contribution in [0.1, 0.15) is 16.7 Å². The summed E-state index contributed by atoms with van der Waals surface area (Å²) < 4.78 is 0. The average molecular weight is 317 g/mol. The van der Waals surface area contributed by atoms with Crippen molar-refractivity contribution in [3.05, 3.63) is 64.2 Å². The zero-order chi connectivity index (χ0) is 16.1. The second-order valence-electron chi connectivity index (χ2n) is 5.61. The number of carbonyl (C=O) groups is 1. The van der Waals surface area contributed by atoms with Crippen molar-refractivity contribution in [1.29, 1.82) is 0 Å². The molecule has 2 aromatic rings. The normalized spacial score (nSPS) is 10.8. The highest BCUT2D eigenvalue weighted by Gasteiger charge is 2.09. The van der Waals surface area contributed by atoms with Gasteiger partial charge in [0.1, 0.15) is 0 Å². The number of nitrogens with zero attached hydrogens (tertiary/aromatic N) is 1. The Labute approximate surface area is 136 Å². The summed E-state index contributed by atoms with van der Waals surface area (Å²) in [6.07, 6.45) is 0. The molecule has 4 heteroatoms. The summed E-state index contributed by atoms with van der Waals surface area (Å²) in [4.78, 5) is 14.1. The summed E-state index contributed by atoms with van der Waals surface area (Å²) in [7, 11) is 1.91. The van der Waals surface area contributed by atoms with Crippen molar-refractivity contribution in [3.63, 3.8) is 0 Å². The van der Waals surface area contributed by atoms with Crippen molar-refractivity contribution in [2.75, 3.05) is 18.9 Å². The molecule has 0 unspecified atom stereocenters. The van der Waals surface area contributed by atoms with Gasteiger partial charge in [-0.15, -0.1) is 0 Å². The largest absolute Gasteiger partial charge is 0.325 e. The first-order chi connectivity index (χ1) is 10.5. The Balaban J connectivity index is 1.91. The van der Waals surface area contributed by atoms with Gasteiger partial charge in [-0.2, -0.15) is 0 Å². The molecular weight excluding hydrogens is 296 g/mol. The summed E-state index contributed by atoms with van der Waals surface area (Å²) in [6, 6.07) is 13.6.